The highest BCUT2D eigenvalue weighted by atomic mass is 16.6. The Hall–Kier alpha value is -3.07. The molecule has 1 unspecified atom stereocenters. The molecule has 1 saturated heterocycles. The van der Waals surface area contributed by atoms with E-state index in [2.05, 4.69) is 10.1 Å². The number of carboxylic acid groups (broad SMARTS) is 1. The van der Waals surface area contributed by atoms with Gasteiger partial charge in [-0.15, -0.1) is 0 Å². The van der Waals surface area contributed by atoms with Crippen molar-refractivity contribution >= 4 is 18.2 Å². The molecule has 0 spiro atoms. The minimum atomic E-state index is -1.08. The number of methoxy groups -OCH3 is 1. The third-order valence-corrected chi connectivity index (χ3v) is 3.57. The molecule has 1 aliphatic rings. The van der Waals surface area contributed by atoms with Gasteiger partial charge in [-0.1, -0.05) is 30.3 Å². The van der Waals surface area contributed by atoms with Gasteiger partial charge in [-0.2, -0.15) is 0 Å². The first-order valence-corrected chi connectivity index (χ1v) is 7.87. The van der Waals surface area contributed by atoms with Gasteiger partial charge in [0.2, 0.25) is 0 Å². The Labute approximate surface area is 150 Å². The number of carbonyl (C=O) groups excluding carboxylic acids is 2. The molecule has 1 heterocycles. The molecule has 1 atom stereocenters. The maximum atomic E-state index is 11.9. The average molecular weight is 364 g/mol. The predicted molar refractivity (Wildman–Crippen MR) is 89.2 cm³/mol. The Morgan fingerprint density at radius 2 is 2.08 bits per heavy atom. The first kappa shape index (κ1) is 19.3. The number of nitrogens with one attached hydrogen (secondary N) is 1. The van der Waals surface area contributed by atoms with Gasteiger partial charge in [0.25, 0.3) is 0 Å². The van der Waals surface area contributed by atoms with E-state index in [1.807, 2.05) is 18.2 Å². The van der Waals surface area contributed by atoms with Crippen molar-refractivity contribution in [3.8, 4) is 0 Å². The topological polar surface area (TPSA) is 114 Å². The van der Waals surface area contributed by atoms with Gasteiger partial charge in [0, 0.05) is 6.54 Å². The number of morpholine rings is 1. The summed E-state index contributed by atoms with van der Waals surface area (Å²) in [7, 11) is 1.17. The van der Waals surface area contributed by atoms with E-state index in [1.54, 1.807) is 12.1 Å². The molecular weight excluding hydrogens is 344 g/mol. The molecule has 2 N–H and O–H groups in total. The Kier molecular flexibility index (Phi) is 6.98. The van der Waals surface area contributed by atoms with Crippen LogP contribution in [0.1, 0.15) is 5.56 Å². The molecule has 1 aromatic carbocycles. The maximum Gasteiger partial charge on any atom is 0.412 e. The van der Waals surface area contributed by atoms with Crippen molar-refractivity contribution < 1.29 is 33.7 Å². The van der Waals surface area contributed by atoms with E-state index in [1.165, 1.54) is 13.2 Å². The van der Waals surface area contributed by atoms with E-state index < -0.39 is 24.3 Å². The van der Waals surface area contributed by atoms with Crippen LogP contribution < -0.4 is 5.32 Å². The SMILES string of the molecule is COC(=O)C(=CC1CN(C(=O)O)CCO1)NC(=O)OCc1ccccc1. The molecule has 1 aliphatic heterocycles. The number of esters is 1. The van der Waals surface area contributed by atoms with E-state index in [4.69, 9.17) is 14.6 Å². The standard InChI is InChI=1S/C17H20N2O7/c1-24-15(20)14(9-13-10-19(17(22)23)7-8-25-13)18-16(21)26-11-12-5-3-2-4-6-12/h2-6,9,13H,7-8,10-11H2,1H3,(H,18,21)(H,22,23). The lowest BCUT2D eigenvalue weighted by Crippen LogP contribution is -2.45. The molecule has 0 bridgehead atoms. The fourth-order valence-electron chi connectivity index (χ4n) is 2.28. The van der Waals surface area contributed by atoms with Crippen molar-refractivity contribution in [2.75, 3.05) is 26.8 Å². The number of carbonyl (C=O) groups is 3. The second-order valence-corrected chi connectivity index (χ2v) is 5.40. The number of hydrogen-bond donors (Lipinski definition) is 2. The highest BCUT2D eigenvalue weighted by Crippen LogP contribution is 2.10. The van der Waals surface area contributed by atoms with Gasteiger partial charge in [0.1, 0.15) is 12.3 Å². The minimum Gasteiger partial charge on any atom is -0.465 e. The van der Waals surface area contributed by atoms with Gasteiger partial charge in [-0.25, -0.2) is 14.4 Å². The van der Waals surface area contributed by atoms with E-state index in [-0.39, 0.29) is 32.0 Å². The molecule has 2 amide bonds. The second-order valence-electron chi connectivity index (χ2n) is 5.40. The normalized spacial score (nSPS) is 17.3. The van der Waals surface area contributed by atoms with Crippen LogP contribution in [-0.4, -0.2) is 61.1 Å². The highest BCUT2D eigenvalue weighted by molar-refractivity contribution is 5.92. The van der Waals surface area contributed by atoms with E-state index >= 15 is 0 Å². The Balaban J connectivity index is 1.98. The van der Waals surface area contributed by atoms with Crippen LogP contribution in [0.2, 0.25) is 0 Å². The summed E-state index contributed by atoms with van der Waals surface area (Å²) >= 11 is 0. The Morgan fingerprint density at radius 1 is 1.35 bits per heavy atom. The largest absolute Gasteiger partial charge is 0.465 e. The Morgan fingerprint density at radius 3 is 2.73 bits per heavy atom. The maximum absolute atomic E-state index is 11.9. The first-order chi connectivity index (χ1) is 12.5. The summed E-state index contributed by atoms with van der Waals surface area (Å²) in [5.74, 6) is -0.794. The van der Waals surface area contributed by atoms with Gasteiger partial charge in [0.15, 0.2) is 0 Å². The fourth-order valence-corrected chi connectivity index (χ4v) is 2.28. The molecule has 0 aromatic heterocycles. The van der Waals surface area contributed by atoms with Crippen molar-refractivity contribution in [1.29, 1.82) is 0 Å². The van der Waals surface area contributed by atoms with Gasteiger partial charge < -0.3 is 24.2 Å². The average Bonchev–Trinajstić information content (AvgIpc) is 2.66. The number of amides is 2. The summed E-state index contributed by atoms with van der Waals surface area (Å²) in [5, 5.41) is 11.3. The number of hydrogen-bond acceptors (Lipinski definition) is 6. The smallest absolute Gasteiger partial charge is 0.412 e. The summed E-state index contributed by atoms with van der Waals surface area (Å²) in [5.41, 5.74) is 0.613. The van der Waals surface area contributed by atoms with Crippen LogP contribution in [0.15, 0.2) is 42.1 Å². The van der Waals surface area contributed by atoms with Gasteiger partial charge in [0.05, 0.1) is 26.4 Å². The minimum absolute atomic E-state index is 0.0356. The van der Waals surface area contributed by atoms with Gasteiger partial charge in [-0.3, -0.25) is 5.32 Å². The van der Waals surface area contributed by atoms with Crippen LogP contribution in [0, 0.1) is 0 Å². The molecule has 1 fully saturated rings. The molecule has 9 nitrogen and oxygen atoms in total. The summed E-state index contributed by atoms with van der Waals surface area (Å²) < 4.78 is 15.1. The number of alkyl carbamates (subject to hydrolysis) is 1. The van der Waals surface area contributed by atoms with Crippen LogP contribution in [0.25, 0.3) is 0 Å². The van der Waals surface area contributed by atoms with Crippen LogP contribution in [0.3, 0.4) is 0 Å². The molecule has 0 aliphatic carbocycles. The van der Waals surface area contributed by atoms with Gasteiger partial charge >= 0.3 is 18.2 Å². The zero-order chi connectivity index (χ0) is 18.9. The molecule has 9 heteroatoms. The van der Waals surface area contributed by atoms with E-state index in [0.29, 0.717) is 0 Å². The lowest BCUT2D eigenvalue weighted by Gasteiger charge is -2.29. The van der Waals surface area contributed by atoms with Crippen molar-refractivity contribution in [3.05, 3.63) is 47.7 Å². The third kappa shape index (κ3) is 5.78. The van der Waals surface area contributed by atoms with Crippen molar-refractivity contribution in [2.45, 2.75) is 12.7 Å². The quantitative estimate of drug-likeness (QED) is 0.599. The molecule has 26 heavy (non-hydrogen) atoms. The summed E-state index contributed by atoms with van der Waals surface area (Å²) in [6.45, 7) is 0.491. The van der Waals surface area contributed by atoms with Crippen LogP contribution in [0.5, 0.6) is 0 Å². The summed E-state index contributed by atoms with van der Waals surface area (Å²) in [6, 6.07) is 9.05. The monoisotopic (exact) mass is 364 g/mol. The number of benzene rings is 1. The van der Waals surface area contributed by atoms with E-state index in [0.717, 1.165) is 10.5 Å². The summed E-state index contributed by atoms with van der Waals surface area (Å²) in [6.07, 6.45) is -1.30. The number of ether oxygens (including phenoxy) is 3. The van der Waals surface area contributed by atoms with Crippen LogP contribution in [-0.2, 0) is 25.6 Å². The first-order valence-electron chi connectivity index (χ1n) is 7.87. The highest BCUT2D eigenvalue weighted by Gasteiger charge is 2.25. The molecule has 2 rings (SSSR count). The van der Waals surface area contributed by atoms with Crippen LogP contribution in [0.4, 0.5) is 9.59 Å². The van der Waals surface area contributed by atoms with Crippen molar-refractivity contribution in [2.24, 2.45) is 0 Å². The predicted octanol–water partition coefficient (Wildman–Crippen LogP) is 1.35. The van der Waals surface area contributed by atoms with Crippen LogP contribution >= 0.6 is 0 Å². The zero-order valence-electron chi connectivity index (χ0n) is 14.2. The van der Waals surface area contributed by atoms with Crippen molar-refractivity contribution in [3.63, 3.8) is 0 Å². The van der Waals surface area contributed by atoms with Crippen molar-refractivity contribution in [1.82, 2.24) is 10.2 Å². The van der Waals surface area contributed by atoms with Gasteiger partial charge in [-0.05, 0) is 11.6 Å². The molecule has 1 aromatic rings. The zero-order valence-corrected chi connectivity index (χ0v) is 14.2. The molecule has 0 radical (unpaired) electrons. The molecular formula is C17H20N2O7. The lowest BCUT2D eigenvalue weighted by atomic mass is 10.2. The number of rotatable bonds is 5. The molecule has 140 valence electrons. The third-order valence-electron chi connectivity index (χ3n) is 3.57. The second kappa shape index (κ2) is 9.42. The molecule has 0 saturated carbocycles. The lowest BCUT2D eigenvalue weighted by molar-refractivity contribution is -0.136. The number of nitrogens with zero attached hydrogens (tertiary/aromatic N) is 1. The summed E-state index contributed by atoms with van der Waals surface area (Å²) in [4.78, 5) is 36.0. The van der Waals surface area contributed by atoms with E-state index in [9.17, 15) is 14.4 Å². The fraction of sp³-hybridized carbons (Fsp3) is 0.353. The Bertz CT molecular complexity index is 675.